The average Bonchev–Trinajstić information content (AvgIpc) is 2.73. The van der Waals surface area contributed by atoms with Gasteiger partial charge in [-0.3, -0.25) is 9.59 Å². The molecule has 1 N–H and O–H groups in total. The van der Waals surface area contributed by atoms with Crippen LogP contribution in [0.1, 0.15) is 28.7 Å². The normalized spacial score (nSPS) is 10.1. The van der Waals surface area contributed by atoms with Crippen LogP contribution in [0.2, 0.25) is 0 Å². The Morgan fingerprint density at radius 3 is 2.48 bits per heavy atom. The van der Waals surface area contributed by atoms with Crippen LogP contribution in [0.25, 0.3) is 0 Å². The van der Waals surface area contributed by atoms with E-state index in [1.807, 2.05) is 0 Å². The number of aryl methyl sites for hydroxylation is 1. The number of likely N-dealkylation sites (N-methyl/N-ethyl adjacent to an activating group) is 1. The zero-order valence-electron chi connectivity index (χ0n) is 12.7. The summed E-state index contributed by atoms with van der Waals surface area (Å²) in [5.41, 5.74) is 1.80. The minimum absolute atomic E-state index is 0.0614. The fraction of sp³-hybridized carbons (Fsp3) is 0.500. The van der Waals surface area contributed by atoms with E-state index in [2.05, 4.69) is 5.32 Å². The van der Waals surface area contributed by atoms with Crippen LogP contribution in [0.15, 0.2) is 6.07 Å². The lowest BCUT2D eigenvalue weighted by molar-refractivity contribution is -0.149. The Kier molecular flexibility index (Phi) is 5.95. The highest BCUT2D eigenvalue weighted by atomic mass is 16.5. The molecule has 7 nitrogen and oxygen atoms in total. The van der Waals surface area contributed by atoms with Gasteiger partial charge in [0.2, 0.25) is 0 Å². The Morgan fingerprint density at radius 2 is 1.90 bits per heavy atom. The number of rotatable bonds is 6. The average molecular weight is 296 g/mol. The molecule has 0 unspecified atom stereocenters. The summed E-state index contributed by atoms with van der Waals surface area (Å²) in [5, 5.41) is 2.36. The molecule has 116 valence electrons. The fourth-order valence-electron chi connectivity index (χ4n) is 1.85. The molecule has 7 heteroatoms. The number of ether oxygens (including phenoxy) is 2. The number of amides is 1. The van der Waals surface area contributed by atoms with Gasteiger partial charge in [0.1, 0.15) is 6.54 Å². The standard InChI is InChI=1S/C14H20N2O5/c1-5-20-14(19)11-6-9(2)16(10(11)3)7-13(18)21-8-12(17)15-4/h6H,5,7-8H2,1-4H3,(H,15,17). The molecule has 0 fully saturated rings. The quantitative estimate of drug-likeness (QED) is 0.776. The molecule has 0 spiro atoms. The van der Waals surface area contributed by atoms with Gasteiger partial charge in [0, 0.05) is 18.4 Å². The van der Waals surface area contributed by atoms with Crippen LogP contribution < -0.4 is 5.32 Å². The molecule has 0 aromatic carbocycles. The second-order valence-corrected chi connectivity index (χ2v) is 4.43. The minimum Gasteiger partial charge on any atom is -0.462 e. The molecule has 0 radical (unpaired) electrons. The van der Waals surface area contributed by atoms with E-state index in [9.17, 15) is 14.4 Å². The summed E-state index contributed by atoms with van der Waals surface area (Å²) in [4.78, 5) is 34.5. The third-order valence-electron chi connectivity index (χ3n) is 3.00. The lowest BCUT2D eigenvalue weighted by atomic mass is 10.2. The minimum atomic E-state index is -0.546. The second kappa shape index (κ2) is 7.47. The highest BCUT2D eigenvalue weighted by Gasteiger charge is 2.18. The largest absolute Gasteiger partial charge is 0.462 e. The summed E-state index contributed by atoms with van der Waals surface area (Å²) in [5.74, 6) is -1.34. The van der Waals surface area contributed by atoms with Crippen molar-refractivity contribution in [1.29, 1.82) is 0 Å². The molecular formula is C14H20N2O5. The molecule has 0 aliphatic carbocycles. The summed E-state index contributed by atoms with van der Waals surface area (Å²) < 4.78 is 11.4. The number of aromatic nitrogens is 1. The number of esters is 2. The summed E-state index contributed by atoms with van der Waals surface area (Å²) in [6, 6.07) is 1.67. The Bertz CT molecular complexity index is 548. The van der Waals surface area contributed by atoms with Crippen molar-refractivity contribution < 1.29 is 23.9 Å². The van der Waals surface area contributed by atoms with Crippen LogP contribution in [0.4, 0.5) is 0 Å². The van der Waals surface area contributed by atoms with Gasteiger partial charge in [-0.1, -0.05) is 0 Å². The van der Waals surface area contributed by atoms with Crippen molar-refractivity contribution in [2.45, 2.75) is 27.3 Å². The van der Waals surface area contributed by atoms with Crippen LogP contribution in [0.3, 0.4) is 0 Å². The van der Waals surface area contributed by atoms with E-state index in [0.717, 1.165) is 5.69 Å². The highest BCUT2D eigenvalue weighted by Crippen LogP contribution is 2.16. The first-order valence-corrected chi connectivity index (χ1v) is 6.60. The van der Waals surface area contributed by atoms with E-state index in [4.69, 9.17) is 9.47 Å². The van der Waals surface area contributed by atoms with Gasteiger partial charge in [-0.15, -0.1) is 0 Å². The number of carbonyl (C=O) groups excluding carboxylic acids is 3. The molecule has 1 rings (SSSR count). The maximum atomic E-state index is 11.8. The van der Waals surface area contributed by atoms with E-state index in [-0.39, 0.29) is 25.7 Å². The summed E-state index contributed by atoms with van der Waals surface area (Å²) >= 11 is 0. The number of hydrogen-bond acceptors (Lipinski definition) is 5. The van der Waals surface area contributed by atoms with Crippen molar-refractivity contribution in [2.24, 2.45) is 0 Å². The summed E-state index contributed by atoms with van der Waals surface area (Å²) in [6.45, 7) is 5.14. The van der Waals surface area contributed by atoms with Gasteiger partial charge in [0.05, 0.1) is 12.2 Å². The van der Waals surface area contributed by atoms with Crippen molar-refractivity contribution in [3.63, 3.8) is 0 Å². The summed E-state index contributed by atoms with van der Waals surface area (Å²) in [7, 11) is 1.46. The first-order valence-electron chi connectivity index (χ1n) is 6.60. The molecule has 0 aliphatic heterocycles. The molecule has 0 atom stereocenters. The maximum absolute atomic E-state index is 11.8. The van der Waals surface area contributed by atoms with Crippen molar-refractivity contribution >= 4 is 17.8 Å². The Labute approximate surface area is 123 Å². The lowest BCUT2D eigenvalue weighted by Gasteiger charge is -2.09. The van der Waals surface area contributed by atoms with Gasteiger partial charge in [0.25, 0.3) is 5.91 Å². The van der Waals surface area contributed by atoms with E-state index in [0.29, 0.717) is 11.3 Å². The fourth-order valence-corrected chi connectivity index (χ4v) is 1.85. The van der Waals surface area contributed by atoms with Crippen molar-refractivity contribution in [1.82, 2.24) is 9.88 Å². The highest BCUT2D eigenvalue weighted by molar-refractivity contribution is 5.91. The predicted octanol–water partition coefficient (Wildman–Crippen LogP) is 0.571. The third kappa shape index (κ3) is 4.34. The van der Waals surface area contributed by atoms with E-state index < -0.39 is 11.9 Å². The Morgan fingerprint density at radius 1 is 1.24 bits per heavy atom. The molecule has 1 aromatic heterocycles. The van der Waals surface area contributed by atoms with Crippen molar-refractivity contribution in [3.05, 3.63) is 23.0 Å². The molecule has 1 aromatic rings. The maximum Gasteiger partial charge on any atom is 0.339 e. The van der Waals surface area contributed by atoms with Crippen LogP contribution in [0, 0.1) is 13.8 Å². The van der Waals surface area contributed by atoms with Crippen molar-refractivity contribution in [2.75, 3.05) is 20.3 Å². The topological polar surface area (TPSA) is 86.6 Å². The Hall–Kier alpha value is -2.31. The summed E-state index contributed by atoms with van der Waals surface area (Å²) in [6.07, 6.45) is 0. The van der Waals surface area contributed by atoms with Crippen LogP contribution in [-0.2, 0) is 25.6 Å². The molecule has 0 aliphatic rings. The smallest absolute Gasteiger partial charge is 0.339 e. The van der Waals surface area contributed by atoms with E-state index in [1.165, 1.54) is 7.05 Å². The molecule has 21 heavy (non-hydrogen) atoms. The molecule has 0 saturated carbocycles. The van der Waals surface area contributed by atoms with Gasteiger partial charge in [-0.2, -0.15) is 0 Å². The Balaban J connectivity index is 2.78. The zero-order chi connectivity index (χ0) is 16.0. The third-order valence-corrected chi connectivity index (χ3v) is 3.00. The SMILES string of the molecule is CCOC(=O)c1cc(C)n(CC(=O)OCC(=O)NC)c1C. The van der Waals surface area contributed by atoms with E-state index >= 15 is 0 Å². The number of hydrogen-bond donors (Lipinski definition) is 1. The molecule has 0 saturated heterocycles. The van der Waals surface area contributed by atoms with Gasteiger partial charge >= 0.3 is 11.9 Å². The van der Waals surface area contributed by atoms with Gasteiger partial charge in [0.15, 0.2) is 6.61 Å². The van der Waals surface area contributed by atoms with Gasteiger partial charge < -0.3 is 19.4 Å². The van der Waals surface area contributed by atoms with E-state index in [1.54, 1.807) is 31.4 Å². The van der Waals surface area contributed by atoms with Crippen molar-refractivity contribution in [3.8, 4) is 0 Å². The van der Waals surface area contributed by atoms with Gasteiger partial charge in [-0.05, 0) is 26.8 Å². The van der Waals surface area contributed by atoms with Gasteiger partial charge in [-0.25, -0.2) is 4.79 Å². The zero-order valence-corrected chi connectivity index (χ0v) is 12.7. The van der Waals surface area contributed by atoms with Crippen LogP contribution >= 0.6 is 0 Å². The number of nitrogens with one attached hydrogen (secondary N) is 1. The molecule has 1 amide bonds. The molecular weight excluding hydrogens is 276 g/mol. The molecule has 1 heterocycles. The lowest BCUT2D eigenvalue weighted by Crippen LogP contribution is -2.26. The first-order chi connectivity index (χ1) is 9.90. The second-order valence-electron chi connectivity index (χ2n) is 4.43. The number of carbonyl (C=O) groups is 3. The van der Waals surface area contributed by atoms with Crippen LogP contribution in [0.5, 0.6) is 0 Å². The molecule has 0 bridgehead atoms. The predicted molar refractivity (Wildman–Crippen MR) is 74.9 cm³/mol. The monoisotopic (exact) mass is 296 g/mol. The number of nitrogens with zero attached hydrogens (tertiary/aromatic N) is 1. The first kappa shape index (κ1) is 16.7. The van der Waals surface area contributed by atoms with Crippen LogP contribution in [-0.4, -0.2) is 42.7 Å².